The maximum absolute atomic E-state index is 12.5. The Labute approximate surface area is 263 Å². The quantitative estimate of drug-likeness (QED) is 0.169. The molecule has 5 atom stereocenters. The molecule has 3 aliphatic heterocycles. The van der Waals surface area contributed by atoms with Gasteiger partial charge in [-0.1, -0.05) is 20.8 Å². The molecule has 1 saturated heterocycles. The largest absolute Gasteiger partial charge is 0.481 e. The van der Waals surface area contributed by atoms with Gasteiger partial charge in [0.15, 0.2) is 0 Å². The van der Waals surface area contributed by atoms with Crippen molar-refractivity contribution >= 4 is 48.5 Å². The van der Waals surface area contributed by atoms with E-state index in [2.05, 4.69) is 33.6 Å². The molecule has 0 radical (unpaired) electrons. The Kier molecular flexibility index (Phi) is 10.2. The molecule has 238 valence electrons. The number of hydrogen-bond donors (Lipinski definition) is 7. The van der Waals surface area contributed by atoms with E-state index >= 15 is 0 Å². The number of nitrogens with one attached hydrogen (secondary N) is 4. The lowest BCUT2D eigenvalue weighted by Gasteiger charge is -2.20. The summed E-state index contributed by atoms with van der Waals surface area (Å²) in [4.78, 5) is 51.6. The lowest BCUT2D eigenvalue weighted by molar-refractivity contribution is -0.138. The van der Waals surface area contributed by atoms with Crippen LogP contribution < -0.4 is 16.0 Å². The van der Waals surface area contributed by atoms with Crippen molar-refractivity contribution < 1.29 is 29.4 Å². The third-order valence-corrected chi connectivity index (χ3v) is 9.69. The summed E-state index contributed by atoms with van der Waals surface area (Å²) in [5, 5.41) is 28.6. The molecule has 0 saturated carbocycles. The number of allylic oxidation sites excluding steroid dienone is 2. The van der Waals surface area contributed by atoms with Crippen LogP contribution in [-0.4, -0.2) is 56.3 Å². The number of amides is 2. The molecule has 1 unspecified atom stereocenters. The van der Waals surface area contributed by atoms with Crippen molar-refractivity contribution in [1.29, 1.82) is 0 Å². The third kappa shape index (κ3) is 6.82. The zero-order valence-electron chi connectivity index (χ0n) is 26.3. The second-order valence-electron chi connectivity index (χ2n) is 12.2. The zero-order valence-corrected chi connectivity index (χ0v) is 27.2. The number of aromatic amines is 1. The molecule has 4 heterocycles. The van der Waals surface area contributed by atoms with Gasteiger partial charge in [0.2, 0.25) is 11.8 Å². The number of carbonyl (C=O) groups is 4. The lowest BCUT2D eigenvalue weighted by Crippen LogP contribution is -2.36. The van der Waals surface area contributed by atoms with Crippen LogP contribution in [0.15, 0.2) is 33.7 Å². The summed E-state index contributed by atoms with van der Waals surface area (Å²) in [7, 11) is 0. The molecule has 44 heavy (non-hydrogen) atoms. The maximum atomic E-state index is 12.5. The first kappa shape index (κ1) is 33.2. The number of thiol groups is 1. The second-order valence-corrected chi connectivity index (χ2v) is 13.0. The molecule has 6 N–H and O–H groups in total. The second kappa shape index (κ2) is 13.5. The molecule has 10 nitrogen and oxygen atoms in total. The molecule has 1 fully saturated rings. The van der Waals surface area contributed by atoms with Gasteiger partial charge < -0.3 is 31.1 Å². The molecule has 1 aromatic heterocycles. The van der Waals surface area contributed by atoms with Crippen molar-refractivity contribution in [3.63, 3.8) is 0 Å². The molecule has 0 aromatic carbocycles. The zero-order chi connectivity index (χ0) is 32.5. The molecule has 0 spiro atoms. The smallest absolute Gasteiger partial charge is 0.303 e. The van der Waals surface area contributed by atoms with Gasteiger partial charge in [0.05, 0.1) is 6.04 Å². The number of carbonyl (C=O) groups excluding carboxylic acids is 2. The average Bonchev–Trinajstić information content (AvgIpc) is 3.59. The first-order valence-electron chi connectivity index (χ1n) is 15.3. The molecular weight excluding hydrogens is 580 g/mol. The summed E-state index contributed by atoms with van der Waals surface area (Å²) in [6.07, 6.45) is 5.67. The van der Waals surface area contributed by atoms with Crippen LogP contribution in [0.5, 0.6) is 0 Å². The fourth-order valence-corrected chi connectivity index (χ4v) is 7.19. The highest BCUT2D eigenvalue weighted by Gasteiger charge is 2.38. The Morgan fingerprint density at radius 3 is 2.14 bits per heavy atom. The summed E-state index contributed by atoms with van der Waals surface area (Å²) in [6.45, 7) is 11.7. The number of rotatable bonds is 12. The Morgan fingerprint density at radius 1 is 0.932 bits per heavy atom. The van der Waals surface area contributed by atoms with Gasteiger partial charge in [-0.15, -0.1) is 0 Å². The number of carboxylic acids is 2. The molecule has 3 aliphatic rings. The fourth-order valence-electron chi connectivity index (χ4n) is 6.77. The highest BCUT2D eigenvalue weighted by molar-refractivity contribution is 7.80. The van der Waals surface area contributed by atoms with E-state index in [1.165, 1.54) is 0 Å². The number of hydrogen-bond acceptors (Lipinski definition) is 6. The van der Waals surface area contributed by atoms with E-state index in [0.29, 0.717) is 25.7 Å². The number of H-pyrrole nitrogens is 1. The van der Waals surface area contributed by atoms with Crippen molar-refractivity contribution in [1.82, 2.24) is 20.9 Å². The van der Waals surface area contributed by atoms with E-state index in [9.17, 15) is 29.4 Å². The Balaban J connectivity index is 1.74. The lowest BCUT2D eigenvalue weighted by atomic mass is 9.91. The van der Waals surface area contributed by atoms with Crippen LogP contribution in [-0.2, 0) is 25.6 Å². The van der Waals surface area contributed by atoms with Gasteiger partial charge in [-0.25, -0.2) is 0 Å². The highest BCUT2D eigenvalue weighted by Crippen LogP contribution is 2.36. The summed E-state index contributed by atoms with van der Waals surface area (Å²) < 4.78 is 0. The fraction of sp³-hybridized carbons (Fsp3) is 0.515. The van der Waals surface area contributed by atoms with E-state index in [-0.39, 0.29) is 53.8 Å². The Bertz CT molecular complexity index is 1500. The third-order valence-electron chi connectivity index (χ3n) is 9.37. The van der Waals surface area contributed by atoms with E-state index in [4.69, 9.17) is 0 Å². The predicted octanol–water partition coefficient (Wildman–Crippen LogP) is 4.49. The van der Waals surface area contributed by atoms with Gasteiger partial charge in [0.25, 0.3) is 0 Å². The molecule has 11 heteroatoms. The molecule has 0 aliphatic carbocycles. The minimum absolute atomic E-state index is 0.0361. The van der Waals surface area contributed by atoms with Crippen molar-refractivity contribution in [3.8, 4) is 0 Å². The van der Waals surface area contributed by atoms with Crippen LogP contribution in [0.25, 0.3) is 12.2 Å². The van der Waals surface area contributed by atoms with Crippen molar-refractivity contribution in [2.75, 3.05) is 0 Å². The summed E-state index contributed by atoms with van der Waals surface area (Å²) in [6, 6.07) is -0.234. The predicted molar refractivity (Wildman–Crippen MR) is 173 cm³/mol. The number of carboxylic acid groups (broad SMARTS) is 2. The standard InChI is InChI=1S/C33H44N4O6S/c1-7-20-15(2)25(36-33(20)43)12-23-16(3)21(8-10-29(38)39)26(34-23)14-27-22(9-11-30(40)41)17(4)24(35-27)13-28-31(19(6)44)18(5)32(42)37-28/h13-14,18-19,23,25,31,34-35,44H,7-12H2,1-6H3,(H,36,43)(H,37,42)(H,38,39)(H,40,41)/b26-14-,28-13-/t18-,19+,23?,25-,31+/m1/s1. The van der Waals surface area contributed by atoms with Crippen LogP contribution in [0.4, 0.5) is 0 Å². The Morgan fingerprint density at radius 2 is 1.55 bits per heavy atom. The minimum atomic E-state index is -0.907. The van der Waals surface area contributed by atoms with Crippen LogP contribution in [0, 0.1) is 18.8 Å². The first-order valence-corrected chi connectivity index (χ1v) is 15.8. The van der Waals surface area contributed by atoms with Gasteiger partial charge in [0, 0.05) is 64.3 Å². The van der Waals surface area contributed by atoms with Crippen molar-refractivity contribution in [3.05, 3.63) is 56.2 Å². The average molecular weight is 625 g/mol. The van der Waals surface area contributed by atoms with Gasteiger partial charge >= 0.3 is 11.9 Å². The van der Waals surface area contributed by atoms with Crippen LogP contribution in [0.2, 0.25) is 0 Å². The molecule has 1 aromatic rings. The van der Waals surface area contributed by atoms with Crippen LogP contribution >= 0.6 is 12.6 Å². The molecular formula is C33H44N4O6S. The van der Waals surface area contributed by atoms with Gasteiger partial charge in [-0.05, 0) is 86.5 Å². The maximum Gasteiger partial charge on any atom is 0.303 e. The van der Waals surface area contributed by atoms with E-state index < -0.39 is 11.9 Å². The highest BCUT2D eigenvalue weighted by atomic mass is 32.1. The van der Waals surface area contributed by atoms with Crippen molar-refractivity contribution in [2.45, 2.75) is 97.4 Å². The minimum Gasteiger partial charge on any atom is -0.481 e. The van der Waals surface area contributed by atoms with Crippen LogP contribution in [0.1, 0.15) is 89.2 Å². The number of aliphatic carboxylic acids is 2. The van der Waals surface area contributed by atoms with E-state index in [0.717, 1.165) is 56.2 Å². The van der Waals surface area contributed by atoms with Crippen LogP contribution in [0.3, 0.4) is 0 Å². The normalized spacial score (nSPS) is 26.1. The summed E-state index contributed by atoms with van der Waals surface area (Å²) >= 11 is 4.63. The monoisotopic (exact) mass is 624 g/mol. The van der Waals surface area contributed by atoms with E-state index in [1.54, 1.807) is 0 Å². The summed E-state index contributed by atoms with van der Waals surface area (Å²) in [5.41, 5.74) is 8.53. The number of aromatic nitrogens is 1. The molecule has 0 bridgehead atoms. The van der Waals surface area contributed by atoms with E-state index in [1.807, 2.05) is 53.7 Å². The SMILES string of the molecule is CCC1=C(C)[C@@H](CC2N/C(=C\c3[nH]c(/C=C4\NC(=O)[C@H](C)[C@H]4[C@H](C)S)c(C)c3CCC(=O)O)C(CCC(=O)O)=C2C)NC1=O. The Hall–Kier alpha value is -3.73. The first-order chi connectivity index (χ1) is 20.7. The van der Waals surface area contributed by atoms with Gasteiger partial charge in [-0.3, -0.25) is 19.2 Å². The topological polar surface area (TPSA) is 161 Å². The van der Waals surface area contributed by atoms with Gasteiger partial charge in [0.1, 0.15) is 0 Å². The molecule has 4 rings (SSSR count). The summed E-state index contributed by atoms with van der Waals surface area (Å²) in [5.74, 6) is -2.21. The van der Waals surface area contributed by atoms with Gasteiger partial charge in [-0.2, -0.15) is 12.6 Å². The molecule has 2 amide bonds. The van der Waals surface area contributed by atoms with Crippen molar-refractivity contribution in [2.24, 2.45) is 11.8 Å².